The van der Waals surface area contributed by atoms with Crippen molar-refractivity contribution in [3.8, 4) is 0 Å². The molecule has 2 aromatic rings. The number of rotatable bonds is 4. The first-order valence-corrected chi connectivity index (χ1v) is 11.4. The van der Waals surface area contributed by atoms with Crippen LogP contribution in [-0.4, -0.2) is 23.9 Å². The van der Waals surface area contributed by atoms with E-state index in [0.29, 0.717) is 23.1 Å². The van der Waals surface area contributed by atoms with Crippen molar-refractivity contribution in [3.05, 3.63) is 65.2 Å². The Hall–Kier alpha value is -3.29. The van der Waals surface area contributed by atoms with Gasteiger partial charge in [-0.2, -0.15) is 0 Å². The Balaban J connectivity index is 1.32. The van der Waals surface area contributed by atoms with E-state index in [1.54, 1.807) is 12.1 Å². The van der Waals surface area contributed by atoms with E-state index in [1.807, 2.05) is 5.32 Å². The minimum Gasteiger partial charge on any atom is -0.349 e. The highest BCUT2D eigenvalue weighted by Crippen LogP contribution is 2.40. The zero-order chi connectivity index (χ0) is 23.4. The Morgan fingerprint density at radius 1 is 0.788 bits per heavy atom. The number of amides is 4. The van der Waals surface area contributed by atoms with Crippen LogP contribution < -0.4 is 16.0 Å². The number of urea groups is 1. The topological polar surface area (TPSA) is 87.3 Å². The molecule has 0 spiro atoms. The number of benzene rings is 2. The van der Waals surface area contributed by atoms with Crippen molar-refractivity contribution in [1.29, 1.82) is 0 Å². The highest BCUT2D eigenvalue weighted by Gasteiger charge is 2.35. The smallest absolute Gasteiger partial charge is 0.326 e. The van der Waals surface area contributed by atoms with E-state index in [0.717, 1.165) is 31.0 Å². The molecule has 0 heterocycles. The number of fused-ring (bicyclic) bond motifs is 1. The van der Waals surface area contributed by atoms with Crippen molar-refractivity contribution >= 4 is 23.5 Å². The minimum atomic E-state index is -1.19. The maximum atomic E-state index is 13.7. The van der Waals surface area contributed by atoms with Gasteiger partial charge in [-0.15, -0.1) is 0 Å². The van der Waals surface area contributed by atoms with Gasteiger partial charge in [-0.3, -0.25) is 14.9 Å². The third-order valence-electron chi connectivity index (χ3n) is 6.71. The van der Waals surface area contributed by atoms with Gasteiger partial charge < -0.3 is 10.6 Å². The Kier molecular flexibility index (Phi) is 7.01. The summed E-state index contributed by atoms with van der Waals surface area (Å²) in [5, 5.41) is 7.51. The number of anilines is 1. The Morgan fingerprint density at radius 3 is 2.18 bits per heavy atom. The monoisotopic (exact) mass is 455 g/mol. The van der Waals surface area contributed by atoms with Crippen molar-refractivity contribution in [2.45, 2.75) is 51.0 Å². The third-order valence-corrected chi connectivity index (χ3v) is 6.71. The van der Waals surface area contributed by atoms with E-state index >= 15 is 0 Å². The molecule has 3 atom stereocenters. The van der Waals surface area contributed by atoms with E-state index in [1.165, 1.54) is 44.2 Å². The van der Waals surface area contributed by atoms with E-state index in [4.69, 9.17) is 0 Å². The Labute approximate surface area is 191 Å². The van der Waals surface area contributed by atoms with Crippen LogP contribution in [0.5, 0.6) is 0 Å². The van der Waals surface area contributed by atoms with E-state index in [2.05, 4.69) is 10.6 Å². The molecule has 0 radical (unpaired) electrons. The first-order chi connectivity index (χ1) is 15.9. The summed E-state index contributed by atoms with van der Waals surface area (Å²) in [5.74, 6) is -2.19. The zero-order valence-corrected chi connectivity index (χ0v) is 18.2. The second-order valence-corrected chi connectivity index (χ2v) is 8.80. The van der Waals surface area contributed by atoms with Crippen LogP contribution in [0.1, 0.15) is 65.7 Å². The fourth-order valence-electron chi connectivity index (χ4n) is 5.12. The molecule has 4 rings (SSSR count). The molecule has 2 saturated carbocycles. The quantitative estimate of drug-likeness (QED) is 0.605. The van der Waals surface area contributed by atoms with Gasteiger partial charge in [-0.05, 0) is 61.1 Å². The number of carbonyl (C=O) groups excluding carboxylic acids is 3. The van der Waals surface area contributed by atoms with Gasteiger partial charge in [-0.25, -0.2) is 13.6 Å². The van der Waals surface area contributed by atoms with Crippen molar-refractivity contribution in [2.75, 3.05) is 5.32 Å². The van der Waals surface area contributed by atoms with Crippen molar-refractivity contribution in [2.24, 2.45) is 11.8 Å². The van der Waals surface area contributed by atoms with Crippen LogP contribution in [0.25, 0.3) is 0 Å². The van der Waals surface area contributed by atoms with Gasteiger partial charge in [0.15, 0.2) is 0 Å². The molecule has 2 fully saturated rings. The molecule has 33 heavy (non-hydrogen) atoms. The molecular formula is C25H27F2N3O3. The van der Waals surface area contributed by atoms with Crippen LogP contribution in [0.2, 0.25) is 0 Å². The summed E-state index contributed by atoms with van der Waals surface area (Å²) in [6, 6.07) is 8.49. The van der Waals surface area contributed by atoms with Crippen LogP contribution >= 0.6 is 0 Å². The largest absolute Gasteiger partial charge is 0.349 e. The highest BCUT2D eigenvalue weighted by atomic mass is 19.1. The van der Waals surface area contributed by atoms with Gasteiger partial charge in [0.05, 0.1) is 0 Å². The Bertz CT molecular complexity index is 1020. The molecule has 0 aromatic heterocycles. The summed E-state index contributed by atoms with van der Waals surface area (Å²) in [6.07, 6.45) is 8.33. The zero-order valence-electron chi connectivity index (χ0n) is 18.2. The predicted octanol–water partition coefficient (Wildman–Crippen LogP) is 5.02. The fraction of sp³-hybridized carbons (Fsp3) is 0.400. The summed E-state index contributed by atoms with van der Waals surface area (Å²) in [6.45, 7) is 0. The van der Waals surface area contributed by atoms with Gasteiger partial charge in [0.25, 0.3) is 11.8 Å². The van der Waals surface area contributed by atoms with E-state index in [9.17, 15) is 23.2 Å². The van der Waals surface area contributed by atoms with Crippen LogP contribution in [-0.2, 0) is 0 Å². The number of nitrogens with one attached hydrogen (secondary N) is 3. The lowest BCUT2D eigenvalue weighted by Gasteiger charge is -2.41. The first-order valence-electron chi connectivity index (χ1n) is 11.4. The molecule has 3 unspecified atom stereocenters. The van der Waals surface area contributed by atoms with Gasteiger partial charge in [0, 0.05) is 17.3 Å². The SMILES string of the molecule is O=C(NC(=O)c1c(F)cccc1F)Nc1ccc(C(=O)NC2CCCC3CCCCC32)cc1. The van der Waals surface area contributed by atoms with Crippen LogP contribution in [0.15, 0.2) is 42.5 Å². The van der Waals surface area contributed by atoms with E-state index in [-0.39, 0.29) is 11.9 Å². The molecule has 2 aromatic carbocycles. The normalized spacial score (nSPS) is 22.1. The number of halogens is 2. The molecule has 2 aliphatic carbocycles. The standard InChI is InChI=1S/C25H27F2N3O3/c26-19-8-4-9-20(27)22(19)24(32)30-25(33)28-17-13-11-16(12-14-17)23(31)29-21-10-3-6-15-5-1-2-7-18(15)21/h4,8-9,11-15,18,21H,1-3,5-7,10H2,(H,29,31)(H2,28,30,32,33). The third kappa shape index (κ3) is 5.38. The molecule has 6 nitrogen and oxygen atoms in total. The van der Waals surface area contributed by atoms with Gasteiger partial charge in [0.1, 0.15) is 17.2 Å². The second kappa shape index (κ2) is 10.1. The first kappa shape index (κ1) is 22.9. The minimum absolute atomic E-state index is 0.146. The molecular weight excluding hydrogens is 428 g/mol. The number of imide groups is 1. The summed E-state index contributed by atoms with van der Waals surface area (Å²) >= 11 is 0. The van der Waals surface area contributed by atoms with Crippen molar-refractivity contribution < 1.29 is 23.2 Å². The molecule has 3 N–H and O–H groups in total. The average molecular weight is 456 g/mol. The van der Waals surface area contributed by atoms with Crippen molar-refractivity contribution in [3.63, 3.8) is 0 Å². The molecule has 0 saturated heterocycles. The maximum Gasteiger partial charge on any atom is 0.326 e. The molecule has 0 bridgehead atoms. The second-order valence-electron chi connectivity index (χ2n) is 8.80. The summed E-state index contributed by atoms with van der Waals surface area (Å²) in [4.78, 5) is 36.8. The lowest BCUT2D eigenvalue weighted by molar-refractivity contribution is 0.0823. The predicted molar refractivity (Wildman–Crippen MR) is 120 cm³/mol. The van der Waals surface area contributed by atoms with Gasteiger partial charge >= 0.3 is 6.03 Å². The molecule has 8 heteroatoms. The van der Waals surface area contributed by atoms with Crippen LogP contribution in [0.3, 0.4) is 0 Å². The molecule has 174 valence electrons. The maximum absolute atomic E-state index is 13.7. The van der Waals surface area contributed by atoms with Crippen LogP contribution in [0, 0.1) is 23.5 Å². The van der Waals surface area contributed by atoms with Crippen LogP contribution in [0.4, 0.5) is 19.3 Å². The number of hydrogen-bond acceptors (Lipinski definition) is 3. The molecule has 2 aliphatic rings. The highest BCUT2D eigenvalue weighted by molar-refractivity contribution is 6.08. The summed E-state index contributed by atoms with van der Waals surface area (Å²) in [7, 11) is 0. The van der Waals surface area contributed by atoms with Gasteiger partial charge in [0.2, 0.25) is 0 Å². The lowest BCUT2D eigenvalue weighted by Crippen LogP contribution is -2.46. The Morgan fingerprint density at radius 2 is 1.45 bits per heavy atom. The fourth-order valence-corrected chi connectivity index (χ4v) is 5.12. The van der Waals surface area contributed by atoms with Crippen molar-refractivity contribution in [1.82, 2.24) is 10.6 Å². The van der Waals surface area contributed by atoms with Gasteiger partial charge in [-0.1, -0.05) is 38.2 Å². The van der Waals surface area contributed by atoms with E-state index < -0.39 is 29.1 Å². The number of hydrogen-bond donors (Lipinski definition) is 3. The molecule has 0 aliphatic heterocycles. The lowest BCUT2D eigenvalue weighted by atomic mass is 9.68. The molecule has 4 amide bonds. The summed E-state index contributed by atoms with van der Waals surface area (Å²) < 4.78 is 27.4. The summed E-state index contributed by atoms with van der Waals surface area (Å²) in [5.41, 5.74) is -0.0261. The average Bonchev–Trinajstić information content (AvgIpc) is 2.79. The number of carbonyl (C=O) groups is 3.